The van der Waals surface area contributed by atoms with Crippen molar-refractivity contribution in [2.75, 3.05) is 6.54 Å². The summed E-state index contributed by atoms with van der Waals surface area (Å²) in [6, 6.07) is 7.21. The normalized spacial score (nSPS) is 19.5. The van der Waals surface area contributed by atoms with E-state index in [1.165, 1.54) is 70.6 Å². The number of allylic oxidation sites excluding steroid dienone is 1. The minimum absolute atomic E-state index is 0.128. The van der Waals surface area contributed by atoms with E-state index in [1.807, 2.05) is 12.1 Å². The molecule has 0 aromatic heterocycles. The van der Waals surface area contributed by atoms with Crippen LogP contribution in [0, 0.1) is 11.8 Å². The lowest BCUT2D eigenvalue weighted by molar-refractivity contribution is -0.122. The fourth-order valence-corrected chi connectivity index (χ4v) is 6.16. The second-order valence-corrected chi connectivity index (χ2v) is 10.8. The van der Waals surface area contributed by atoms with Crippen molar-refractivity contribution >= 4 is 23.2 Å². The van der Waals surface area contributed by atoms with Crippen molar-refractivity contribution in [2.45, 2.75) is 103 Å². The zero-order valence-electron chi connectivity index (χ0n) is 21.2. The van der Waals surface area contributed by atoms with Crippen LogP contribution in [0.4, 0.5) is 0 Å². The van der Waals surface area contributed by atoms with Crippen LogP contribution in [0.15, 0.2) is 30.0 Å². The summed E-state index contributed by atoms with van der Waals surface area (Å²) < 4.78 is 0. The number of amides is 1. The summed E-state index contributed by atoms with van der Waals surface area (Å²) >= 11 is 0. The quantitative estimate of drug-likeness (QED) is 0.288. The molecule has 0 unspecified atom stereocenters. The van der Waals surface area contributed by atoms with Gasteiger partial charge in [0, 0.05) is 24.1 Å². The van der Waals surface area contributed by atoms with Crippen LogP contribution >= 0.6 is 0 Å². The summed E-state index contributed by atoms with van der Waals surface area (Å²) in [5.41, 5.74) is 1.85. The highest BCUT2D eigenvalue weighted by Gasteiger charge is 2.33. The lowest BCUT2D eigenvalue weighted by atomic mass is 9.85. The van der Waals surface area contributed by atoms with Crippen LogP contribution in [0.3, 0.4) is 0 Å². The first kappa shape index (κ1) is 25.7. The second-order valence-electron chi connectivity index (χ2n) is 10.8. The first-order valence-electron chi connectivity index (χ1n) is 14.1. The molecule has 3 aliphatic rings. The van der Waals surface area contributed by atoms with Gasteiger partial charge in [-0.25, -0.2) is 0 Å². The third kappa shape index (κ3) is 7.05. The zero-order valence-corrected chi connectivity index (χ0v) is 21.2. The number of ketones is 2. The van der Waals surface area contributed by atoms with Crippen LogP contribution in [0.25, 0.3) is 5.70 Å². The Morgan fingerprint density at radius 1 is 0.714 bits per heavy atom. The molecule has 0 spiro atoms. The Balaban J connectivity index is 1.36. The predicted molar refractivity (Wildman–Crippen MR) is 140 cm³/mol. The number of rotatable bonds is 11. The van der Waals surface area contributed by atoms with Crippen molar-refractivity contribution in [3.8, 4) is 0 Å². The monoisotopic (exact) mass is 478 g/mol. The molecule has 0 aliphatic heterocycles. The Bertz CT molecular complexity index is 923. The molecular formula is C30H42N2O3. The molecule has 0 radical (unpaired) electrons. The van der Waals surface area contributed by atoms with E-state index in [2.05, 4.69) is 10.6 Å². The Morgan fingerprint density at radius 3 is 1.97 bits per heavy atom. The molecule has 0 saturated heterocycles. The van der Waals surface area contributed by atoms with E-state index in [9.17, 15) is 14.4 Å². The fraction of sp³-hybridized carbons (Fsp3) is 0.633. The number of Topliss-reactive ketones (excluding diaryl/α,β-unsaturated/α-hetero) is 2. The van der Waals surface area contributed by atoms with E-state index in [4.69, 9.17) is 0 Å². The number of nitrogens with one attached hydrogen (secondary N) is 2. The molecule has 5 heteroatoms. The van der Waals surface area contributed by atoms with Crippen LogP contribution in [-0.4, -0.2) is 24.0 Å². The van der Waals surface area contributed by atoms with E-state index in [1.54, 1.807) is 12.1 Å². The van der Waals surface area contributed by atoms with Crippen molar-refractivity contribution in [1.29, 1.82) is 0 Å². The molecule has 2 saturated carbocycles. The average Bonchev–Trinajstić information content (AvgIpc) is 2.89. The molecule has 4 rings (SSSR count). The maximum Gasteiger partial charge on any atom is 0.251 e. The fourth-order valence-electron chi connectivity index (χ4n) is 6.16. The zero-order chi connectivity index (χ0) is 24.5. The molecule has 0 atom stereocenters. The Morgan fingerprint density at radius 2 is 1.31 bits per heavy atom. The predicted octanol–water partition coefficient (Wildman–Crippen LogP) is 6.33. The van der Waals surface area contributed by atoms with Gasteiger partial charge in [-0.05, 0) is 31.1 Å². The third-order valence-corrected chi connectivity index (χ3v) is 8.20. The summed E-state index contributed by atoms with van der Waals surface area (Å²) in [5, 5.41) is 6.25. The van der Waals surface area contributed by atoms with Crippen molar-refractivity contribution in [1.82, 2.24) is 10.6 Å². The van der Waals surface area contributed by atoms with Gasteiger partial charge in [0.25, 0.3) is 5.78 Å². The summed E-state index contributed by atoms with van der Waals surface area (Å²) in [6.45, 7) is 0.721. The van der Waals surface area contributed by atoms with E-state index in [0.29, 0.717) is 23.2 Å². The molecule has 2 fully saturated rings. The van der Waals surface area contributed by atoms with Gasteiger partial charge in [0.05, 0.1) is 5.70 Å². The Hall–Kier alpha value is -2.43. The number of fused-ring (bicyclic) bond motifs is 1. The summed E-state index contributed by atoms with van der Waals surface area (Å²) in [4.78, 5) is 38.5. The Labute approximate surface area is 210 Å². The first-order chi connectivity index (χ1) is 17.1. The molecule has 1 aromatic carbocycles. The molecule has 35 heavy (non-hydrogen) atoms. The highest BCUT2D eigenvalue weighted by Crippen LogP contribution is 2.30. The van der Waals surface area contributed by atoms with Gasteiger partial charge in [-0.15, -0.1) is 0 Å². The minimum Gasteiger partial charge on any atom is -0.383 e. The van der Waals surface area contributed by atoms with Gasteiger partial charge in [0.1, 0.15) is 5.70 Å². The molecule has 1 aromatic rings. The number of carbonyl (C=O) groups is 3. The molecule has 0 bridgehead atoms. The number of hydrogen-bond acceptors (Lipinski definition) is 4. The van der Waals surface area contributed by atoms with Gasteiger partial charge in [-0.2, -0.15) is 0 Å². The molecule has 0 heterocycles. The van der Waals surface area contributed by atoms with E-state index in [0.717, 1.165) is 44.1 Å². The molecule has 3 aliphatic carbocycles. The number of benzene rings is 1. The molecule has 190 valence electrons. The van der Waals surface area contributed by atoms with Gasteiger partial charge in [0.15, 0.2) is 0 Å². The molecule has 5 nitrogen and oxygen atoms in total. The lowest BCUT2D eigenvalue weighted by Gasteiger charge is -2.24. The summed E-state index contributed by atoms with van der Waals surface area (Å²) in [7, 11) is 0. The largest absolute Gasteiger partial charge is 0.383 e. The van der Waals surface area contributed by atoms with Crippen LogP contribution in [0.1, 0.15) is 119 Å². The molecule has 1 amide bonds. The maximum atomic E-state index is 13.0. The standard InChI is InChI=1S/C30H42N2O3/c33-26(20-11-17-23-14-5-2-6-15-23)32-28-27(24-18-7-8-19-25(24)29(34)30(28)35)31-21-10-9-16-22-12-3-1-4-13-22/h7-8,18-19,22-23,31H,1-6,9-17,20-21H2,(H,32,33). The smallest absolute Gasteiger partial charge is 0.251 e. The molecule has 2 N–H and O–H groups in total. The SMILES string of the molecule is O=C(CCCC1CCCCC1)NC1=C(NCCCCC2CCCCC2)c2ccccc2C(=O)C1=O. The summed E-state index contributed by atoms with van der Waals surface area (Å²) in [6.07, 6.45) is 19.0. The van der Waals surface area contributed by atoms with Crippen molar-refractivity contribution in [2.24, 2.45) is 11.8 Å². The first-order valence-corrected chi connectivity index (χ1v) is 14.1. The molecular weight excluding hydrogens is 436 g/mol. The van der Waals surface area contributed by atoms with Crippen LogP contribution in [0.2, 0.25) is 0 Å². The van der Waals surface area contributed by atoms with Gasteiger partial charge < -0.3 is 10.6 Å². The van der Waals surface area contributed by atoms with Crippen molar-refractivity contribution in [3.63, 3.8) is 0 Å². The number of carbonyl (C=O) groups excluding carboxylic acids is 3. The topological polar surface area (TPSA) is 75.3 Å². The van der Waals surface area contributed by atoms with Gasteiger partial charge in [-0.1, -0.05) is 101 Å². The Kier molecular flexibility index (Phi) is 9.56. The van der Waals surface area contributed by atoms with Gasteiger partial charge >= 0.3 is 0 Å². The number of unbranched alkanes of at least 4 members (excludes halogenated alkanes) is 1. The third-order valence-electron chi connectivity index (χ3n) is 8.20. The van der Waals surface area contributed by atoms with Crippen molar-refractivity contribution in [3.05, 3.63) is 41.1 Å². The van der Waals surface area contributed by atoms with E-state index < -0.39 is 11.6 Å². The highest BCUT2D eigenvalue weighted by molar-refractivity contribution is 6.52. The lowest BCUT2D eigenvalue weighted by Crippen LogP contribution is -2.38. The van der Waals surface area contributed by atoms with E-state index in [-0.39, 0.29) is 11.6 Å². The highest BCUT2D eigenvalue weighted by atomic mass is 16.2. The van der Waals surface area contributed by atoms with E-state index >= 15 is 0 Å². The summed E-state index contributed by atoms with van der Waals surface area (Å²) in [5.74, 6) is 0.260. The maximum absolute atomic E-state index is 13.0. The van der Waals surface area contributed by atoms with Crippen LogP contribution in [-0.2, 0) is 9.59 Å². The van der Waals surface area contributed by atoms with Crippen LogP contribution < -0.4 is 10.6 Å². The van der Waals surface area contributed by atoms with Crippen LogP contribution in [0.5, 0.6) is 0 Å². The minimum atomic E-state index is -0.617. The van der Waals surface area contributed by atoms with Gasteiger partial charge in [-0.3, -0.25) is 14.4 Å². The van der Waals surface area contributed by atoms with Crippen molar-refractivity contribution < 1.29 is 14.4 Å². The van der Waals surface area contributed by atoms with Gasteiger partial charge in [0.2, 0.25) is 11.7 Å². The number of hydrogen-bond donors (Lipinski definition) is 2. The second kappa shape index (κ2) is 13.0. The average molecular weight is 479 g/mol.